The Morgan fingerprint density at radius 2 is 1.67 bits per heavy atom. The Balaban J connectivity index is 2.33. The summed E-state index contributed by atoms with van der Waals surface area (Å²) in [6.45, 7) is 2.01. The van der Waals surface area contributed by atoms with Gasteiger partial charge in [-0.15, -0.1) is 0 Å². The summed E-state index contributed by atoms with van der Waals surface area (Å²) in [6.07, 6.45) is 0. The molecule has 0 heterocycles. The van der Waals surface area contributed by atoms with Gasteiger partial charge in [0, 0.05) is 5.56 Å². The van der Waals surface area contributed by atoms with E-state index in [2.05, 4.69) is 5.32 Å². The van der Waals surface area contributed by atoms with Crippen molar-refractivity contribution >= 4 is 28.9 Å². The molecule has 1 unspecified atom stereocenters. The van der Waals surface area contributed by atoms with Gasteiger partial charge in [-0.2, -0.15) is 0 Å². The highest BCUT2D eigenvalue weighted by molar-refractivity contribution is 6.39. The van der Waals surface area contributed by atoms with Gasteiger partial charge in [0.1, 0.15) is 11.5 Å². The highest BCUT2D eigenvalue weighted by atomic mass is 35.5. The summed E-state index contributed by atoms with van der Waals surface area (Å²) in [6, 6.07) is 11.0. The third-order valence-electron chi connectivity index (χ3n) is 3.23. The zero-order chi connectivity index (χ0) is 15.4. The van der Waals surface area contributed by atoms with Gasteiger partial charge in [-0.1, -0.05) is 29.3 Å². The number of anilines is 1. The van der Waals surface area contributed by atoms with Crippen LogP contribution in [0, 0.1) is 0 Å². The topological polar surface area (TPSA) is 30.5 Å². The maximum absolute atomic E-state index is 6.19. The highest BCUT2D eigenvalue weighted by Crippen LogP contribution is 2.36. The molecule has 0 bridgehead atoms. The van der Waals surface area contributed by atoms with Crippen LogP contribution in [0.2, 0.25) is 10.0 Å². The van der Waals surface area contributed by atoms with Crippen molar-refractivity contribution in [2.24, 2.45) is 0 Å². The number of halogens is 2. The van der Waals surface area contributed by atoms with Crippen molar-refractivity contribution in [2.45, 2.75) is 13.0 Å². The Morgan fingerprint density at radius 1 is 1.00 bits per heavy atom. The van der Waals surface area contributed by atoms with Crippen LogP contribution in [0.5, 0.6) is 11.5 Å². The first kappa shape index (κ1) is 15.8. The Morgan fingerprint density at radius 3 is 2.24 bits per heavy atom. The zero-order valence-corrected chi connectivity index (χ0v) is 13.6. The molecule has 0 saturated heterocycles. The van der Waals surface area contributed by atoms with Crippen LogP contribution in [0.3, 0.4) is 0 Å². The molecular formula is C16H17Cl2NO2. The third kappa shape index (κ3) is 3.55. The molecule has 21 heavy (non-hydrogen) atoms. The molecule has 2 aromatic carbocycles. The van der Waals surface area contributed by atoms with E-state index in [1.165, 1.54) is 0 Å². The number of benzene rings is 2. The fourth-order valence-corrected chi connectivity index (χ4v) is 2.61. The Kier molecular flexibility index (Phi) is 5.21. The van der Waals surface area contributed by atoms with E-state index in [9.17, 15) is 0 Å². The summed E-state index contributed by atoms with van der Waals surface area (Å²) >= 11 is 12.4. The molecule has 0 aliphatic rings. The molecule has 1 N–H and O–H groups in total. The minimum Gasteiger partial charge on any atom is -0.497 e. The van der Waals surface area contributed by atoms with E-state index in [1.54, 1.807) is 26.4 Å². The molecule has 0 amide bonds. The molecule has 0 aliphatic carbocycles. The molecule has 0 saturated carbocycles. The van der Waals surface area contributed by atoms with Crippen LogP contribution in [0.1, 0.15) is 18.5 Å². The summed E-state index contributed by atoms with van der Waals surface area (Å²) in [5, 5.41) is 4.48. The lowest BCUT2D eigenvalue weighted by atomic mass is 10.1. The largest absolute Gasteiger partial charge is 0.497 e. The Hall–Kier alpha value is -1.58. The van der Waals surface area contributed by atoms with E-state index in [0.29, 0.717) is 15.7 Å². The molecule has 0 radical (unpaired) electrons. The van der Waals surface area contributed by atoms with Crippen molar-refractivity contribution in [3.05, 3.63) is 52.0 Å². The fraction of sp³-hybridized carbons (Fsp3) is 0.250. The lowest BCUT2D eigenvalue weighted by Gasteiger charge is -2.20. The number of methoxy groups -OCH3 is 2. The Bertz CT molecular complexity index is 611. The van der Waals surface area contributed by atoms with Gasteiger partial charge in [0.2, 0.25) is 0 Å². The molecule has 3 nitrogen and oxygen atoms in total. The molecule has 1 atom stereocenters. The average molecular weight is 326 g/mol. The number of ether oxygens (including phenoxy) is 2. The van der Waals surface area contributed by atoms with E-state index in [0.717, 1.165) is 17.1 Å². The number of nitrogens with one attached hydrogen (secondary N) is 1. The quantitative estimate of drug-likeness (QED) is 0.821. The minimum atomic E-state index is -0.0487. The van der Waals surface area contributed by atoms with Crippen LogP contribution in [0.4, 0.5) is 5.69 Å². The number of rotatable bonds is 5. The van der Waals surface area contributed by atoms with E-state index < -0.39 is 0 Å². The molecule has 5 heteroatoms. The lowest BCUT2D eigenvalue weighted by Crippen LogP contribution is -2.09. The zero-order valence-electron chi connectivity index (χ0n) is 12.1. The fourth-order valence-electron chi connectivity index (χ4n) is 2.11. The first-order valence-electron chi connectivity index (χ1n) is 6.49. The predicted octanol–water partition coefficient (Wildman–Crippen LogP) is 5.18. The van der Waals surface area contributed by atoms with Crippen molar-refractivity contribution in [2.75, 3.05) is 19.5 Å². The van der Waals surface area contributed by atoms with Gasteiger partial charge in [0.05, 0.1) is 36.0 Å². The molecule has 0 aromatic heterocycles. The van der Waals surface area contributed by atoms with Gasteiger partial charge < -0.3 is 14.8 Å². The van der Waals surface area contributed by atoms with Crippen molar-refractivity contribution < 1.29 is 9.47 Å². The summed E-state index contributed by atoms with van der Waals surface area (Å²) in [5.41, 5.74) is 1.67. The molecule has 112 valence electrons. The van der Waals surface area contributed by atoms with Crippen LogP contribution in [0.15, 0.2) is 36.4 Å². The standard InChI is InChI=1S/C16H17Cl2NO2/c1-10(19-16-13(17)5-4-6-14(16)18)12-9-11(20-2)7-8-15(12)21-3/h4-10,19H,1-3H3. The first-order valence-corrected chi connectivity index (χ1v) is 7.25. The third-order valence-corrected chi connectivity index (χ3v) is 3.86. The molecular weight excluding hydrogens is 309 g/mol. The number of hydrogen-bond donors (Lipinski definition) is 1. The van der Waals surface area contributed by atoms with Gasteiger partial charge in [0.25, 0.3) is 0 Å². The summed E-state index contributed by atoms with van der Waals surface area (Å²) in [4.78, 5) is 0. The van der Waals surface area contributed by atoms with Gasteiger partial charge >= 0.3 is 0 Å². The maximum Gasteiger partial charge on any atom is 0.124 e. The number of para-hydroxylation sites is 1. The highest BCUT2D eigenvalue weighted by Gasteiger charge is 2.15. The summed E-state index contributed by atoms with van der Waals surface area (Å²) in [5.74, 6) is 1.55. The maximum atomic E-state index is 6.19. The second kappa shape index (κ2) is 6.92. The van der Waals surface area contributed by atoms with Crippen LogP contribution < -0.4 is 14.8 Å². The van der Waals surface area contributed by atoms with Gasteiger partial charge in [0.15, 0.2) is 0 Å². The van der Waals surface area contributed by atoms with Crippen molar-refractivity contribution in [3.63, 3.8) is 0 Å². The first-order chi connectivity index (χ1) is 10.1. The molecule has 0 aliphatic heterocycles. The van der Waals surface area contributed by atoms with Gasteiger partial charge in [-0.05, 0) is 37.3 Å². The smallest absolute Gasteiger partial charge is 0.124 e. The van der Waals surface area contributed by atoms with E-state index >= 15 is 0 Å². The van der Waals surface area contributed by atoms with Crippen LogP contribution in [0.25, 0.3) is 0 Å². The molecule has 2 aromatic rings. The monoisotopic (exact) mass is 325 g/mol. The normalized spacial score (nSPS) is 11.9. The SMILES string of the molecule is COc1ccc(OC)c(C(C)Nc2c(Cl)cccc2Cl)c1. The van der Waals surface area contributed by atoms with E-state index in [4.69, 9.17) is 32.7 Å². The average Bonchev–Trinajstić information content (AvgIpc) is 2.50. The van der Waals surface area contributed by atoms with Crippen LogP contribution in [-0.2, 0) is 0 Å². The van der Waals surface area contributed by atoms with E-state index in [-0.39, 0.29) is 6.04 Å². The molecule has 0 fully saturated rings. The van der Waals surface area contributed by atoms with Crippen molar-refractivity contribution in [1.29, 1.82) is 0 Å². The van der Waals surface area contributed by atoms with Gasteiger partial charge in [-0.25, -0.2) is 0 Å². The van der Waals surface area contributed by atoms with Crippen LogP contribution >= 0.6 is 23.2 Å². The molecule has 0 spiro atoms. The van der Waals surface area contributed by atoms with Crippen molar-refractivity contribution in [3.8, 4) is 11.5 Å². The van der Waals surface area contributed by atoms with Crippen molar-refractivity contribution in [1.82, 2.24) is 0 Å². The summed E-state index contributed by atoms with van der Waals surface area (Å²) in [7, 11) is 3.27. The van der Waals surface area contributed by atoms with E-state index in [1.807, 2.05) is 31.2 Å². The summed E-state index contributed by atoms with van der Waals surface area (Å²) < 4.78 is 10.7. The molecule has 2 rings (SSSR count). The lowest BCUT2D eigenvalue weighted by molar-refractivity contribution is 0.397. The van der Waals surface area contributed by atoms with Crippen LogP contribution in [-0.4, -0.2) is 14.2 Å². The second-order valence-corrected chi connectivity index (χ2v) is 5.38. The number of hydrogen-bond acceptors (Lipinski definition) is 3. The Labute approximate surface area is 134 Å². The minimum absolute atomic E-state index is 0.0487. The predicted molar refractivity (Wildman–Crippen MR) is 88.0 cm³/mol. The second-order valence-electron chi connectivity index (χ2n) is 4.57. The van der Waals surface area contributed by atoms with Gasteiger partial charge in [-0.3, -0.25) is 0 Å².